The normalized spacial score (nSPS) is 11.0. The van der Waals surface area contributed by atoms with Gasteiger partial charge in [-0.25, -0.2) is 13.2 Å². The number of carbonyl (C=O) groups excluding carboxylic acids is 2. The Labute approximate surface area is 103 Å². The lowest BCUT2D eigenvalue weighted by atomic mass is 10.1. The van der Waals surface area contributed by atoms with E-state index in [0.29, 0.717) is 6.29 Å². The second-order valence-corrected chi connectivity index (χ2v) is 5.77. The summed E-state index contributed by atoms with van der Waals surface area (Å²) in [4.78, 5) is 21.8. The van der Waals surface area contributed by atoms with Gasteiger partial charge in [0.25, 0.3) is 9.05 Å². The third-order valence-electron chi connectivity index (χ3n) is 2.21. The van der Waals surface area contributed by atoms with Gasteiger partial charge in [0.1, 0.15) is 6.29 Å². The fraction of sp³-hybridized carbons (Fsp3) is 0.200. The van der Waals surface area contributed by atoms with Gasteiger partial charge in [-0.05, 0) is 24.6 Å². The first kappa shape index (κ1) is 13.7. The summed E-state index contributed by atoms with van der Waals surface area (Å²) < 4.78 is 27.0. The highest BCUT2D eigenvalue weighted by atomic mass is 35.7. The Balaban J connectivity index is 3.61. The van der Waals surface area contributed by atoms with Gasteiger partial charge in [-0.1, -0.05) is 0 Å². The fourth-order valence-electron chi connectivity index (χ4n) is 1.32. The Morgan fingerprint density at radius 2 is 2.00 bits per heavy atom. The second-order valence-electron chi connectivity index (χ2n) is 3.24. The number of hydrogen-bond donors (Lipinski definition) is 0. The van der Waals surface area contributed by atoms with E-state index < -0.39 is 15.0 Å². The fourth-order valence-corrected chi connectivity index (χ4v) is 2.55. The van der Waals surface area contributed by atoms with Crippen molar-refractivity contribution < 1.29 is 22.7 Å². The molecule has 17 heavy (non-hydrogen) atoms. The third kappa shape index (κ3) is 2.83. The zero-order valence-corrected chi connectivity index (χ0v) is 10.6. The zero-order chi connectivity index (χ0) is 13.2. The monoisotopic (exact) mass is 276 g/mol. The summed E-state index contributed by atoms with van der Waals surface area (Å²) >= 11 is 0. The predicted molar refractivity (Wildman–Crippen MR) is 60.9 cm³/mol. The summed E-state index contributed by atoms with van der Waals surface area (Å²) in [6, 6.07) is 2.33. The molecule has 0 aliphatic rings. The average molecular weight is 277 g/mol. The SMILES string of the molecule is COC(=O)c1cc(C=O)c(C)c(S(=O)(=O)Cl)c1. The topological polar surface area (TPSA) is 77.5 Å². The van der Waals surface area contributed by atoms with Gasteiger partial charge in [0.05, 0.1) is 17.6 Å². The maximum absolute atomic E-state index is 11.3. The van der Waals surface area contributed by atoms with E-state index in [4.69, 9.17) is 10.7 Å². The minimum Gasteiger partial charge on any atom is -0.465 e. The molecule has 7 heteroatoms. The lowest BCUT2D eigenvalue weighted by Gasteiger charge is -2.07. The van der Waals surface area contributed by atoms with E-state index in [1.165, 1.54) is 13.0 Å². The summed E-state index contributed by atoms with van der Waals surface area (Å²) in [7, 11) is 2.34. The van der Waals surface area contributed by atoms with Gasteiger partial charge in [0.15, 0.2) is 0 Å². The minimum absolute atomic E-state index is 0.0422. The molecule has 0 aromatic heterocycles. The van der Waals surface area contributed by atoms with Gasteiger partial charge in [-0.15, -0.1) is 0 Å². The van der Waals surface area contributed by atoms with Crippen LogP contribution in [0, 0.1) is 6.92 Å². The number of halogens is 1. The summed E-state index contributed by atoms with van der Waals surface area (Å²) in [6.45, 7) is 1.43. The standard InChI is InChI=1S/C10H9ClO5S/c1-6-8(5-12)3-7(10(13)16-2)4-9(6)17(11,14)15/h3-5H,1-2H3. The average Bonchev–Trinajstić information content (AvgIpc) is 2.26. The lowest BCUT2D eigenvalue weighted by Crippen LogP contribution is -2.07. The smallest absolute Gasteiger partial charge is 0.337 e. The van der Waals surface area contributed by atoms with Crippen LogP contribution in [0.5, 0.6) is 0 Å². The van der Waals surface area contributed by atoms with Gasteiger partial charge in [0.2, 0.25) is 0 Å². The van der Waals surface area contributed by atoms with Gasteiger partial charge < -0.3 is 4.74 Å². The van der Waals surface area contributed by atoms with Crippen molar-refractivity contribution >= 4 is 32.0 Å². The van der Waals surface area contributed by atoms with Gasteiger partial charge in [-0.2, -0.15) is 0 Å². The van der Waals surface area contributed by atoms with Crippen LogP contribution < -0.4 is 0 Å². The van der Waals surface area contributed by atoms with Gasteiger partial charge in [-0.3, -0.25) is 4.79 Å². The van der Waals surface area contributed by atoms with E-state index in [-0.39, 0.29) is 21.6 Å². The summed E-state index contributed by atoms with van der Waals surface area (Å²) in [6.07, 6.45) is 0.452. The van der Waals surface area contributed by atoms with Crippen molar-refractivity contribution in [3.05, 3.63) is 28.8 Å². The number of hydrogen-bond acceptors (Lipinski definition) is 5. The largest absolute Gasteiger partial charge is 0.465 e. The molecule has 0 spiro atoms. The van der Waals surface area contributed by atoms with E-state index in [9.17, 15) is 18.0 Å². The Kier molecular flexibility index (Phi) is 3.90. The van der Waals surface area contributed by atoms with Crippen LogP contribution in [0.15, 0.2) is 17.0 Å². The molecule has 0 N–H and O–H groups in total. The number of carbonyl (C=O) groups is 2. The summed E-state index contributed by atoms with van der Waals surface area (Å²) in [5, 5.41) is 0. The van der Waals surface area contributed by atoms with E-state index in [1.807, 2.05) is 0 Å². The Morgan fingerprint density at radius 1 is 1.41 bits per heavy atom. The second kappa shape index (κ2) is 4.85. The molecule has 1 aromatic carbocycles. The molecular formula is C10H9ClO5S. The van der Waals surface area contributed by atoms with Crippen molar-refractivity contribution in [2.45, 2.75) is 11.8 Å². The highest BCUT2D eigenvalue weighted by molar-refractivity contribution is 8.13. The molecule has 0 amide bonds. The third-order valence-corrected chi connectivity index (χ3v) is 3.66. The van der Waals surface area contributed by atoms with E-state index in [2.05, 4.69) is 4.74 Å². The Hall–Kier alpha value is -1.40. The van der Waals surface area contributed by atoms with Crippen LogP contribution in [0.2, 0.25) is 0 Å². The predicted octanol–water partition coefficient (Wildman–Crippen LogP) is 1.52. The molecule has 92 valence electrons. The number of ether oxygens (including phenoxy) is 1. The van der Waals surface area contributed by atoms with Crippen molar-refractivity contribution in [3.8, 4) is 0 Å². The van der Waals surface area contributed by atoms with Crippen LogP contribution in [-0.4, -0.2) is 27.8 Å². The molecule has 1 rings (SSSR count). The van der Waals surface area contributed by atoms with Crippen LogP contribution in [-0.2, 0) is 13.8 Å². The molecule has 0 saturated carbocycles. The van der Waals surface area contributed by atoms with Crippen molar-refractivity contribution in [1.29, 1.82) is 0 Å². The molecule has 5 nitrogen and oxygen atoms in total. The molecule has 0 bridgehead atoms. The molecule has 0 saturated heterocycles. The van der Waals surface area contributed by atoms with Crippen LogP contribution in [0.3, 0.4) is 0 Å². The highest BCUT2D eigenvalue weighted by Crippen LogP contribution is 2.24. The van der Waals surface area contributed by atoms with Crippen LogP contribution in [0.1, 0.15) is 26.3 Å². The highest BCUT2D eigenvalue weighted by Gasteiger charge is 2.20. The number of rotatable bonds is 3. The number of aldehydes is 1. The van der Waals surface area contributed by atoms with E-state index in [0.717, 1.165) is 13.2 Å². The number of esters is 1. The molecule has 0 aliphatic carbocycles. The van der Waals surface area contributed by atoms with Crippen LogP contribution in [0.25, 0.3) is 0 Å². The first-order valence-corrected chi connectivity index (χ1v) is 6.75. The molecule has 0 atom stereocenters. The first-order valence-electron chi connectivity index (χ1n) is 4.44. The lowest BCUT2D eigenvalue weighted by molar-refractivity contribution is 0.0600. The van der Waals surface area contributed by atoms with Crippen LogP contribution in [0.4, 0.5) is 0 Å². The van der Waals surface area contributed by atoms with Gasteiger partial charge in [0, 0.05) is 16.2 Å². The zero-order valence-electron chi connectivity index (χ0n) is 9.06. The number of benzene rings is 1. The Morgan fingerprint density at radius 3 is 2.41 bits per heavy atom. The molecule has 1 aromatic rings. The van der Waals surface area contributed by atoms with Crippen molar-refractivity contribution in [2.75, 3.05) is 7.11 Å². The quantitative estimate of drug-likeness (QED) is 0.475. The summed E-state index contributed by atoms with van der Waals surface area (Å²) in [5.41, 5.74) is 0.231. The van der Waals surface area contributed by atoms with Gasteiger partial charge >= 0.3 is 5.97 Å². The molecule has 0 radical (unpaired) electrons. The first-order chi connectivity index (χ1) is 7.81. The Bertz CT molecular complexity index is 577. The molecular weight excluding hydrogens is 268 g/mol. The van der Waals surface area contributed by atoms with Crippen molar-refractivity contribution in [1.82, 2.24) is 0 Å². The van der Waals surface area contributed by atoms with Crippen LogP contribution >= 0.6 is 10.7 Å². The van der Waals surface area contributed by atoms with E-state index >= 15 is 0 Å². The maximum Gasteiger partial charge on any atom is 0.337 e. The molecule has 0 aliphatic heterocycles. The maximum atomic E-state index is 11.3. The van der Waals surface area contributed by atoms with Crippen molar-refractivity contribution in [2.24, 2.45) is 0 Å². The van der Waals surface area contributed by atoms with Crippen molar-refractivity contribution in [3.63, 3.8) is 0 Å². The van der Waals surface area contributed by atoms with E-state index in [1.54, 1.807) is 0 Å². The minimum atomic E-state index is -4.02. The number of methoxy groups -OCH3 is 1. The summed E-state index contributed by atoms with van der Waals surface area (Å²) in [5.74, 6) is -0.741. The molecule has 0 fully saturated rings. The molecule has 0 heterocycles. The molecule has 0 unspecified atom stereocenters.